The maximum Gasteiger partial charge on any atom is 0.283 e. The molecule has 1 aliphatic rings. The number of nitrogens with one attached hydrogen (secondary N) is 2. The Morgan fingerprint density at radius 3 is 2.65 bits per heavy atom. The fourth-order valence-corrected chi connectivity index (χ4v) is 4.30. The number of nitrogens with zero attached hydrogens (tertiary/aromatic N) is 3. The van der Waals surface area contributed by atoms with E-state index in [0.717, 1.165) is 39.3 Å². The lowest BCUT2D eigenvalue weighted by Crippen LogP contribution is -2.37. The van der Waals surface area contributed by atoms with Crippen molar-refractivity contribution >= 4 is 57.2 Å². The Balaban J connectivity index is 1.61. The first-order chi connectivity index (χ1) is 17.9. The van der Waals surface area contributed by atoms with E-state index in [1.807, 2.05) is 0 Å². The molecule has 3 aromatic rings. The van der Waals surface area contributed by atoms with E-state index in [0.29, 0.717) is 50.6 Å². The summed E-state index contributed by atoms with van der Waals surface area (Å²) in [4.78, 5) is 23.1. The van der Waals surface area contributed by atoms with Gasteiger partial charge in [-0.1, -0.05) is 29.8 Å². The van der Waals surface area contributed by atoms with Crippen LogP contribution in [0.25, 0.3) is 10.9 Å². The van der Waals surface area contributed by atoms with Gasteiger partial charge >= 0.3 is 0 Å². The normalized spacial score (nSPS) is 13.8. The first kappa shape index (κ1) is 26.9. The van der Waals surface area contributed by atoms with Crippen LogP contribution in [0.5, 0.6) is 11.5 Å². The Morgan fingerprint density at radius 1 is 1.14 bits per heavy atom. The molecule has 12 heteroatoms. The Hall–Kier alpha value is -3.18. The number of hydrogen-bond donors (Lipinski definition) is 2. The van der Waals surface area contributed by atoms with Crippen molar-refractivity contribution in [2.24, 2.45) is 0 Å². The molecule has 9 nitrogen and oxygen atoms in total. The first-order valence-electron chi connectivity index (χ1n) is 11.5. The number of ether oxygens (including phenoxy) is 3. The van der Waals surface area contributed by atoms with E-state index < -0.39 is 11.7 Å². The number of hydrogen-bond acceptors (Lipinski definition) is 8. The van der Waals surface area contributed by atoms with Crippen molar-refractivity contribution in [2.75, 3.05) is 57.2 Å². The lowest BCUT2D eigenvalue weighted by Gasteiger charge is -2.26. The fourth-order valence-electron chi connectivity index (χ4n) is 3.79. The monoisotopic (exact) mass is 549 g/mol. The number of rotatable bonds is 10. The molecule has 1 aliphatic heterocycles. The van der Waals surface area contributed by atoms with E-state index in [9.17, 15) is 9.18 Å². The SMILES string of the molecule is C=C(F)C(=O)Nc1cc2c(Nc3cc(OC)c(Cl)cc3Cl)ncnc2cc1OCCCN1CCOCC1. The van der Waals surface area contributed by atoms with E-state index in [2.05, 4.69) is 32.1 Å². The average molecular weight is 550 g/mol. The molecule has 2 aromatic carbocycles. The molecule has 1 aromatic heterocycles. The van der Waals surface area contributed by atoms with Crippen LogP contribution in [0.4, 0.5) is 21.6 Å². The van der Waals surface area contributed by atoms with Crippen LogP contribution in [0, 0.1) is 0 Å². The third kappa shape index (κ3) is 6.78. The molecule has 1 fully saturated rings. The molecule has 0 radical (unpaired) electrons. The summed E-state index contributed by atoms with van der Waals surface area (Å²) < 4.78 is 30.1. The van der Waals surface area contributed by atoms with Crippen LogP contribution in [0.15, 0.2) is 43.0 Å². The van der Waals surface area contributed by atoms with Crippen molar-refractivity contribution in [3.05, 3.63) is 53.0 Å². The Labute approximate surface area is 223 Å². The summed E-state index contributed by atoms with van der Waals surface area (Å²) in [6.07, 6.45) is 2.14. The topological polar surface area (TPSA) is 97.8 Å². The van der Waals surface area contributed by atoms with Crippen molar-refractivity contribution in [1.29, 1.82) is 0 Å². The third-order valence-electron chi connectivity index (χ3n) is 5.71. The van der Waals surface area contributed by atoms with Gasteiger partial charge in [-0.05, 0) is 18.6 Å². The van der Waals surface area contributed by atoms with Gasteiger partial charge in [0.15, 0.2) is 5.83 Å². The highest BCUT2D eigenvalue weighted by Gasteiger charge is 2.17. The lowest BCUT2D eigenvalue weighted by molar-refractivity contribution is -0.114. The summed E-state index contributed by atoms with van der Waals surface area (Å²) in [7, 11) is 1.50. The van der Waals surface area contributed by atoms with Gasteiger partial charge < -0.3 is 24.8 Å². The van der Waals surface area contributed by atoms with E-state index >= 15 is 0 Å². The van der Waals surface area contributed by atoms with Crippen molar-refractivity contribution in [3.8, 4) is 11.5 Å². The molecule has 1 amide bonds. The average Bonchev–Trinajstić information content (AvgIpc) is 2.89. The number of carbonyl (C=O) groups is 1. The number of carbonyl (C=O) groups excluding carboxylic acids is 1. The Bertz CT molecular complexity index is 1300. The summed E-state index contributed by atoms with van der Waals surface area (Å²) in [6, 6.07) is 6.46. The fraction of sp³-hybridized carbons (Fsp3) is 0.320. The van der Waals surface area contributed by atoms with Crippen LogP contribution >= 0.6 is 23.2 Å². The number of anilines is 3. The highest BCUT2D eigenvalue weighted by molar-refractivity contribution is 6.37. The molecule has 0 atom stereocenters. The minimum absolute atomic E-state index is 0.250. The molecule has 196 valence electrons. The lowest BCUT2D eigenvalue weighted by atomic mass is 10.1. The molecule has 0 bridgehead atoms. The van der Waals surface area contributed by atoms with Crippen molar-refractivity contribution in [3.63, 3.8) is 0 Å². The molecule has 0 unspecified atom stereocenters. The standard InChI is InChI=1S/C25H26Cl2FN5O4/c1-15(28)25(34)32-21-10-16-19(12-23(21)37-7-3-4-33-5-8-36-9-6-33)29-14-30-24(16)31-20-13-22(35-2)18(27)11-17(20)26/h10-14H,1,3-9H2,2H3,(H,32,34)(H,29,30,31). The summed E-state index contributed by atoms with van der Waals surface area (Å²) in [5.41, 5.74) is 1.28. The third-order valence-corrected chi connectivity index (χ3v) is 6.31. The van der Waals surface area contributed by atoms with E-state index in [1.165, 1.54) is 13.4 Å². The zero-order chi connectivity index (χ0) is 26.4. The molecule has 0 aliphatic carbocycles. The van der Waals surface area contributed by atoms with Gasteiger partial charge in [0.25, 0.3) is 5.91 Å². The summed E-state index contributed by atoms with van der Waals surface area (Å²) in [5, 5.41) is 6.90. The summed E-state index contributed by atoms with van der Waals surface area (Å²) in [5.74, 6) is -0.936. The summed E-state index contributed by atoms with van der Waals surface area (Å²) in [6.45, 7) is 7.51. The second-order valence-corrected chi connectivity index (χ2v) is 9.01. The van der Waals surface area contributed by atoms with Crippen LogP contribution in [-0.2, 0) is 9.53 Å². The van der Waals surface area contributed by atoms with Crippen molar-refractivity contribution < 1.29 is 23.4 Å². The zero-order valence-electron chi connectivity index (χ0n) is 20.2. The number of amides is 1. The molecule has 2 N–H and O–H groups in total. The highest BCUT2D eigenvalue weighted by atomic mass is 35.5. The van der Waals surface area contributed by atoms with Gasteiger partial charge in [0.1, 0.15) is 23.6 Å². The Morgan fingerprint density at radius 2 is 1.92 bits per heavy atom. The van der Waals surface area contributed by atoms with Crippen LogP contribution in [-0.4, -0.2) is 67.3 Å². The molecule has 0 saturated carbocycles. The van der Waals surface area contributed by atoms with Gasteiger partial charge in [-0.25, -0.2) is 14.4 Å². The maximum absolute atomic E-state index is 13.5. The molecular weight excluding hydrogens is 524 g/mol. The maximum atomic E-state index is 13.5. The minimum Gasteiger partial charge on any atom is -0.495 e. The summed E-state index contributed by atoms with van der Waals surface area (Å²) >= 11 is 12.5. The van der Waals surface area contributed by atoms with Gasteiger partial charge in [-0.15, -0.1) is 0 Å². The molecule has 4 rings (SSSR count). The van der Waals surface area contributed by atoms with Gasteiger partial charge in [0.2, 0.25) is 0 Å². The predicted molar refractivity (Wildman–Crippen MR) is 142 cm³/mol. The van der Waals surface area contributed by atoms with Crippen LogP contribution in [0.2, 0.25) is 10.0 Å². The largest absolute Gasteiger partial charge is 0.495 e. The minimum atomic E-state index is -1.12. The van der Waals surface area contributed by atoms with Crippen LogP contribution in [0.1, 0.15) is 6.42 Å². The number of methoxy groups -OCH3 is 1. The highest BCUT2D eigenvalue weighted by Crippen LogP contribution is 2.38. The van der Waals surface area contributed by atoms with Gasteiger partial charge in [-0.2, -0.15) is 0 Å². The van der Waals surface area contributed by atoms with Gasteiger partial charge in [0.05, 0.1) is 53.9 Å². The number of aromatic nitrogens is 2. The van der Waals surface area contributed by atoms with E-state index in [1.54, 1.807) is 24.3 Å². The number of morpholine rings is 1. The van der Waals surface area contributed by atoms with E-state index in [4.69, 9.17) is 37.4 Å². The van der Waals surface area contributed by atoms with Crippen molar-refractivity contribution in [2.45, 2.75) is 6.42 Å². The molecule has 0 spiro atoms. The van der Waals surface area contributed by atoms with Gasteiger partial charge in [0, 0.05) is 37.2 Å². The molecule has 2 heterocycles. The number of benzene rings is 2. The molecular formula is C25H26Cl2FN5O4. The van der Waals surface area contributed by atoms with Crippen LogP contribution in [0.3, 0.4) is 0 Å². The number of halogens is 3. The second-order valence-electron chi connectivity index (χ2n) is 8.19. The Kier molecular flexibility index (Phi) is 8.99. The second kappa shape index (κ2) is 12.4. The molecule has 37 heavy (non-hydrogen) atoms. The predicted octanol–water partition coefficient (Wildman–Crippen LogP) is 5.21. The number of fused-ring (bicyclic) bond motifs is 1. The quantitative estimate of drug-likeness (QED) is 0.262. The zero-order valence-corrected chi connectivity index (χ0v) is 21.7. The van der Waals surface area contributed by atoms with Crippen molar-refractivity contribution in [1.82, 2.24) is 14.9 Å². The molecule has 1 saturated heterocycles. The smallest absolute Gasteiger partial charge is 0.283 e. The first-order valence-corrected chi connectivity index (χ1v) is 12.3. The van der Waals surface area contributed by atoms with Gasteiger partial charge in [-0.3, -0.25) is 9.69 Å². The van der Waals surface area contributed by atoms with Crippen LogP contribution < -0.4 is 20.1 Å². The van der Waals surface area contributed by atoms with E-state index in [-0.39, 0.29) is 5.69 Å².